The molecule has 6 nitrogen and oxygen atoms in total. The fraction of sp³-hybridized carbons (Fsp3) is 0.600. The second-order valence-corrected chi connectivity index (χ2v) is 5.39. The summed E-state index contributed by atoms with van der Waals surface area (Å²) in [6.07, 6.45) is 3.59. The number of likely N-dealkylation sites (N-methyl/N-ethyl adjacent to an activating group) is 1. The number of benzene rings is 1. The maximum absolute atomic E-state index is 11.1. The van der Waals surface area contributed by atoms with E-state index >= 15 is 0 Å². The van der Waals surface area contributed by atoms with Gasteiger partial charge in [0.25, 0.3) is 5.69 Å². The van der Waals surface area contributed by atoms with E-state index in [0.29, 0.717) is 0 Å². The van der Waals surface area contributed by atoms with Crippen LogP contribution in [0.15, 0.2) is 18.2 Å². The zero-order valence-electron chi connectivity index (χ0n) is 12.7. The third kappa shape index (κ3) is 4.32. The van der Waals surface area contributed by atoms with E-state index in [1.54, 1.807) is 12.1 Å². The maximum Gasteiger partial charge on any atom is 0.273 e. The molecule has 0 aliphatic carbocycles. The van der Waals surface area contributed by atoms with Crippen molar-refractivity contribution in [3.63, 3.8) is 0 Å². The van der Waals surface area contributed by atoms with Gasteiger partial charge in [0, 0.05) is 50.3 Å². The lowest BCUT2D eigenvalue weighted by atomic mass is 10.1. The Kier molecular flexibility index (Phi) is 5.38. The summed E-state index contributed by atoms with van der Waals surface area (Å²) >= 11 is 0. The number of hydrogen-bond acceptors (Lipinski definition) is 5. The zero-order valence-corrected chi connectivity index (χ0v) is 12.7. The van der Waals surface area contributed by atoms with Gasteiger partial charge in [0.1, 0.15) is 0 Å². The molecule has 1 aliphatic rings. The Labute approximate surface area is 125 Å². The minimum atomic E-state index is -0.352. The van der Waals surface area contributed by atoms with Gasteiger partial charge in [0.05, 0.1) is 11.0 Å². The summed E-state index contributed by atoms with van der Waals surface area (Å²) in [5.74, 6) is 0. The van der Waals surface area contributed by atoms with E-state index in [2.05, 4.69) is 5.32 Å². The van der Waals surface area contributed by atoms with Gasteiger partial charge in [-0.2, -0.15) is 0 Å². The Balaban J connectivity index is 2.13. The zero-order chi connectivity index (χ0) is 15.2. The van der Waals surface area contributed by atoms with E-state index in [9.17, 15) is 10.1 Å². The monoisotopic (exact) mass is 293 g/mol. The molecule has 2 rings (SSSR count). The van der Waals surface area contributed by atoms with Crippen LogP contribution in [0.1, 0.15) is 26.2 Å². The minimum Gasteiger partial charge on any atom is -0.385 e. The molecule has 0 amide bonds. The predicted molar refractivity (Wildman–Crippen MR) is 84.1 cm³/mol. The Morgan fingerprint density at radius 1 is 1.43 bits per heavy atom. The highest BCUT2D eigenvalue weighted by molar-refractivity contribution is 5.64. The quantitative estimate of drug-likeness (QED) is 0.645. The number of nitro benzene ring substituents is 1. The van der Waals surface area contributed by atoms with E-state index in [1.807, 2.05) is 24.9 Å². The minimum absolute atomic E-state index is 0.111. The first kappa shape index (κ1) is 15.6. The molecule has 0 radical (unpaired) electrons. The van der Waals surface area contributed by atoms with Crippen LogP contribution in [0, 0.1) is 10.1 Å². The summed E-state index contributed by atoms with van der Waals surface area (Å²) in [5, 5.41) is 14.2. The van der Waals surface area contributed by atoms with Crippen molar-refractivity contribution in [2.45, 2.75) is 32.3 Å². The highest BCUT2D eigenvalue weighted by Gasteiger charge is 2.18. The van der Waals surface area contributed by atoms with Crippen LogP contribution in [0.4, 0.5) is 17.1 Å². The third-order valence-electron chi connectivity index (χ3n) is 3.69. The number of non-ortho nitro benzene ring substituents is 1. The molecule has 0 aromatic heterocycles. The molecule has 0 bridgehead atoms. The molecule has 6 heteroatoms. The third-order valence-corrected chi connectivity index (χ3v) is 3.69. The largest absolute Gasteiger partial charge is 0.385 e. The summed E-state index contributed by atoms with van der Waals surface area (Å²) in [7, 11) is 1.95. The maximum atomic E-state index is 11.1. The Morgan fingerprint density at radius 3 is 2.86 bits per heavy atom. The fourth-order valence-electron chi connectivity index (χ4n) is 2.59. The molecule has 1 aliphatic heterocycles. The highest BCUT2D eigenvalue weighted by atomic mass is 16.6. The van der Waals surface area contributed by atoms with Gasteiger partial charge in [-0.1, -0.05) is 0 Å². The lowest BCUT2D eigenvalue weighted by Crippen LogP contribution is -2.33. The van der Waals surface area contributed by atoms with Crippen LogP contribution < -0.4 is 10.2 Å². The summed E-state index contributed by atoms with van der Waals surface area (Å²) in [6, 6.07) is 5.13. The SMILES string of the molecule is CCNc1cc(N(C)CC2CCCCO2)cc([N+](=O)[O-])c1. The molecule has 116 valence electrons. The average Bonchev–Trinajstić information content (AvgIpc) is 2.48. The van der Waals surface area contributed by atoms with Crippen LogP contribution >= 0.6 is 0 Å². The van der Waals surface area contributed by atoms with E-state index in [-0.39, 0.29) is 16.7 Å². The van der Waals surface area contributed by atoms with Gasteiger partial charge >= 0.3 is 0 Å². The lowest BCUT2D eigenvalue weighted by molar-refractivity contribution is -0.384. The number of nitro groups is 1. The van der Waals surface area contributed by atoms with E-state index in [0.717, 1.165) is 43.9 Å². The molecule has 1 aromatic rings. The summed E-state index contributed by atoms with van der Waals surface area (Å²) in [6.45, 7) is 4.27. The van der Waals surface area contributed by atoms with E-state index < -0.39 is 0 Å². The number of nitrogens with zero attached hydrogens (tertiary/aromatic N) is 2. The molecule has 1 fully saturated rings. The summed E-state index contributed by atoms with van der Waals surface area (Å²) in [4.78, 5) is 12.7. The second-order valence-electron chi connectivity index (χ2n) is 5.39. The first-order valence-electron chi connectivity index (χ1n) is 7.46. The lowest BCUT2D eigenvalue weighted by Gasteiger charge is -2.28. The molecule has 1 heterocycles. The molecule has 1 atom stereocenters. The summed E-state index contributed by atoms with van der Waals surface area (Å²) < 4.78 is 5.73. The van der Waals surface area contributed by atoms with E-state index in [1.165, 1.54) is 6.42 Å². The smallest absolute Gasteiger partial charge is 0.273 e. The predicted octanol–water partition coefficient (Wildman–Crippen LogP) is 3.03. The topological polar surface area (TPSA) is 67.6 Å². The first-order valence-corrected chi connectivity index (χ1v) is 7.46. The van der Waals surface area contributed by atoms with Gasteiger partial charge in [-0.05, 0) is 32.3 Å². The number of anilines is 2. The van der Waals surface area contributed by atoms with Gasteiger partial charge in [-0.15, -0.1) is 0 Å². The Bertz CT molecular complexity index is 487. The highest BCUT2D eigenvalue weighted by Crippen LogP contribution is 2.27. The van der Waals surface area contributed by atoms with Crippen molar-refractivity contribution in [2.75, 3.05) is 37.0 Å². The summed E-state index contributed by atoms with van der Waals surface area (Å²) in [5.41, 5.74) is 1.73. The van der Waals surface area contributed by atoms with Crippen LogP contribution in [-0.4, -0.2) is 37.8 Å². The second kappa shape index (κ2) is 7.26. The molecule has 1 saturated heterocycles. The van der Waals surface area contributed by atoms with E-state index in [4.69, 9.17) is 4.74 Å². The van der Waals surface area contributed by atoms with Gasteiger partial charge in [0.2, 0.25) is 0 Å². The molecule has 0 saturated carbocycles. The van der Waals surface area contributed by atoms with Crippen molar-refractivity contribution >= 4 is 17.1 Å². The Hall–Kier alpha value is -1.82. The van der Waals surface area contributed by atoms with Crippen LogP contribution in [-0.2, 0) is 4.74 Å². The molecule has 21 heavy (non-hydrogen) atoms. The van der Waals surface area contributed by atoms with Crippen molar-refractivity contribution in [1.29, 1.82) is 0 Å². The van der Waals surface area contributed by atoms with Gasteiger partial charge < -0.3 is 15.0 Å². The van der Waals surface area contributed by atoms with Crippen molar-refractivity contribution in [3.8, 4) is 0 Å². The number of hydrogen-bond donors (Lipinski definition) is 1. The number of ether oxygens (including phenoxy) is 1. The van der Waals surface area contributed by atoms with Crippen LogP contribution in [0.5, 0.6) is 0 Å². The van der Waals surface area contributed by atoms with Crippen molar-refractivity contribution in [2.24, 2.45) is 0 Å². The van der Waals surface area contributed by atoms with Crippen LogP contribution in [0.3, 0.4) is 0 Å². The van der Waals surface area contributed by atoms with Gasteiger partial charge in [-0.3, -0.25) is 10.1 Å². The van der Waals surface area contributed by atoms with Crippen molar-refractivity contribution < 1.29 is 9.66 Å². The normalized spacial score (nSPS) is 18.3. The number of nitrogens with one attached hydrogen (secondary N) is 1. The molecule has 1 unspecified atom stereocenters. The van der Waals surface area contributed by atoms with Crippen molar-refractivity contribution in [3.05, 3.63) is 28.3 Å². The first-order chi connectivity index (χ1) is 10.1. The standard InChI is InChI=1S/C15H23N3O3/c1-3-16-12-8-13(10-14(9-12)18(19)20)17(2)11-15-6-4-5-7-21-15/h8-10,15-16H,3-7,11H2,1-2H3. The molecule has 1 aromatic carbocycles. The fourth-order valence-corrected chi connectivity index (χ4v) is 2.59. The van der Waals surface area contributed by atoms with Gasteiger partial charge in [0.15, 0.2) is 0 Å². The molecule has 1 N–H and O–H groups in total. The van der Waals surface area contributed by atoms with Crippen molar-refractivity contribution in [1.82, 2.24) is 0 Å². The molecular formula is C15H23N3O3. The molecule has 0 spiro atoms. The van der Waals surface area contributed by atoms with Gasteiger partial charge in [-0.25, -0.2) is 0 Å². The number of rotatable bonds is 6. The Morgan fingerprint density at radius 2 is 2.24 bits per heavy atom. The van der Waals surface area contributed by atoms with Crippen LogP contribution in [0.25, 0.3) is 0 Å². The van der Waals surface area contributed by atoms with Crippen LogP contribution in [0.2, 0.25) is 0 Å². The average molecular weight is 293 g/mol. The molecular weight excluding hydrogens is 270 g/mol.